The summed E-state index contributed by atoms with van der Waals surface area (Å²) >= 11 is 0. The lowest BCUT2D eigenvalue weighted by Crippen LogP contribution is -2.39. The van der Waals surface area contributed by atoms with Crippen LogP contribution in [0.4, 0.5) is 10.5 Å². The molecule has 2 amide bonds. The maximum Gasteiger partial charge on any atom is 0.328 e. The Kier molecular flexibility index (Phi) is 5.50. The minimum Gasteiger partial charge on any atom is -0.337 e. The van der Waals surface area contributed by atoms with Gasteiger partial charge >= 0.3 is 6.03 Å². The van der Waals surface area contributed by atoms with E-state index >= 15 is 0 Å². The summed E-state index contributed by atoms with van der Waals surface area (Å²) in [5.74, 6) is 0. The molecule has 0 saturated heterocycles. The minimum atomic E-state index is -3.89. The van der Waals surface area contributed by atoms with Crippen LogP contribution in [0.25, 0.3) is 0 Å². The molecule has 3 N–H and O–H groups in total. The molecule has 0 aliphatic carbocycles. The van der Waals surface area contributed by atoms with Gasteiger partial charge in [-0.15, -0.1) is 0 Å². The Morgan fingerprint density at radius 2 is 1.83 bits per heavy atom. The molecule has 0 atom stereocenters. The lowest BCUT2D eigenvalue weighted by atomic mass is 10.2. The molecule has 24 heavy (non-hydrogen) atoms. The Morgan fingerprint density at radius 3 is 2.46 bits per heavy atom. The van der Waals surface area contributed by atoms with E-state index in [0.717, 1.165) is 23.5 Å². The van der Waals surface area contributed by atoms with Crippen molar-refractivity contribution < 1.29 is 13.2 Å². The van der Waals surface area contributed by atoms with Crippen LogP contribution in [0, 0.1) is 0 Å². The molecule has 130 valence electrons. The van der Waals surface area contributed by atoms with Gasteiger partial charge in [0, 0.05) is 17.9 Å². The summed E-state index contributed by atoms with van der Waals surface area (Å²) in [5, 5.41) is 4.33. The number of benzene rings is 1. The molecule has 1 aromatic carbocycles. The van der Waals surface area contributed by atoms with Crippen molar-refractivity contribution in [3.05, 3.63) is 47.8 Å². The molecule has 0 bridgehead atoms. The molecule has 7 nitrogen and oxygen atoms in total. The van der Waals surface area contributed by atoms with E-state index < -0.39 is 16.1 Å². The topological polar surface area (TPSA) is 90.5 Å². The highest BCUT2D eigenvalue weighted by atomic mass is 32.2. The number of hydrogen-bond donors (Lipinski definition) is 3. The number of allylic oxidation sites excluding steroid dienone is 4. The predicted octanol–water partition coefficient (Wildman–Crippen LogP) is 2.22. The third kappa shape index (κ3) is 4.29. The second-order valence-electron chi connectivity index (χ2n) is 5.46. The quantitative estimate of drug-likeness (QED) is 0.757. The molecule has 0 fully saturated rings. The number of hydrazine groups is 1. The lowest BCUT2D eigenvalue weighted by Gasteiger charge is -2.30. The summed E-state index contributed by atoms with van der Waals surface area (Å²) in [4.78, 5) is 11.6. The van der Waals surface area contributed by atoms with Crippen LogP contribution >= 0.6 is 0 Å². The Hall–Kier alpha value is -2.48. The molecule has 0 saturated carbocycles. The van der Waals surface area contributed by atoms with Gasteiger partial charge in [-0.2, -0.15) is 0 Å². The first-order valence-electron chi connectivity index (χ1n) is 7.66. The fourth-order valence-electron chi connectivity index (χ4n) is 2.12. The zero-order valence-electron chi connectivity index (χ0n) is 14.0. The zero-order chi connectivity index (χ0) is 17.7. The standard InChI is InChI=1S/C16H22N4O3S/c1-4-11-17-16(21)19-24(22,23)15-9-7-14(8-10-15)20-13(3)6-5-12(2)18-20/h5-10,18H,4,11H2,1-3H3,(H2,17,19,21). The molecule has 1 aliphatic heterocycles. The van der Waals surface area contributed by atoms with E-state index in [9.17, 15) is 13.2 Å². The molecule has 0 aromatic heterocycles. The van der Waals surface area contributed by atoms with Gasteiger partial charge in [0.25, 0.3) is 10.0 Å². The number of nitrogens with one attached hydrogen (secondary N) is 3. The third-order valence-electron chi connectivity index (χ3n) is 3.38. The molecular formula is C16H22N4O3S. The first-order valence-corrected chi connectivity index (χ1v) is 9.14. The van der Waals surface area contributed by atoms with Crippen LogP contribution in [0.15, 0.2) is 52.7 Å². The van der Waals surface area contributed by atoms with Gasteiger partial charge in [-0.1, -0.05) is 6.92 Å². The van der Waals surface area contributed by atoms with Gasteiger partial charge in [-0.05, 0) is 56.7 Å². The highest BCUT2D eigenvalue weighted by Gasteiger charge is 2.18. The summed E-state index contributed by atoms with van der Waals surface area (Å²) in [6, 6.07) is 5.57. The normalized spacial score (nSPS) is 14.4. The predicted molar refractivity (Wildman–Crippen MR) is 93.6 cm³/mol. The monoisotopic (exact) mass is 350 g/mol. The van der Waals surface area contributed by atoms with E-state index in [-0.39, 0.29) is 4.90 Å². The summed E-state index contributed by atoms with van der Waals surface area (Å²) in [5.41, 5.74) is 5.95. The van der Waals surface area contributed by atoms with Crippen molar-refractivity contribution in [1.29, 1.82) is 0 Å². The smallest absolute Gasteiger partial charge is 0.328 e. The molecule has 2 rings (SSSR count). The van der Waals surface area contributed by atoms with Crippen LogP contribution in [0.3, 0.4) is 0 Å². The number of sulfonamides is 1. The molecular weight excluding hydrogens is 328 g/mol. The van der Waals surface area contributed by atoms with E-state index in [2.05, 4.69) is 10.7 Å². The summed E-state index contributed by atoms with van der Waals surface area (Å²) < 4.78 is 26.4. The van der Waals surface area contributed by atoms with Gasteiger partial charge < -0.3 is 5.32 Å². The van der Waals surface area contributed by atoms with Crippen LogP contribution in [-0.2, 0) is 10.0 Å². The van der Waals surface area contributed by atoms with Crippen LogP contribution in [-0.4, -0.2) is 21.0 Å². The SMILES string of the molecule is CCCNC(=O)NS(=O)(=O)c1ccc(N2NC(C)=CC=C2C)cc1. The van der Waals surface area contributed by atoms with Gasteiger partial charge in [0.05, 0.1) is 10.6 Å². The van der Waals surface area contributed by atoms with Crippen molar-refractivity contribution in [2.45, 2.75) is 32.1 Å². The summed E-state index contributed by atoms with van der Waals surface area (Å²) in [7, 11) is -3.89. The van der Waals surface area contributed by atoms with Crippen LogP contribution in [0.5, 0.6) is 0 Å². The number of carbonyl (C=O) groups is 1. The molecule has 1 heterocycles. The highest BCUT2D eigenvalue weighted by Crippen LogP contribution is 2.22. The van der Waals surface area contributed by atoms with Gasteiger partial charge in [0.15, 0.2) is 0 Å². The van der Waals surface area contributed by atoms with E-state index in [1.54, 1.807) is 12.1 Å². The number of nitrogens with zero attached hydrogens (tertiary/aromatic N) is 1. The lowest BCUT2D eigenvalue weighted by molar-refractivity contribution is 0.246. The van der Waals surface area contributed by atoms with Crippen LogP contribution in [0.2, 0.25) is 0 Å². The number of rotatable bonds is 5. The van der Waals surface area contributed by atoms with Gasteiger partial charge in [-0.25, -0.2) is 17.9 Å². The van der Waals surface area contributed by atoms with Crippen LogP contribution < -0.4 is 20.5 Å². The van der Waals surface area contributed by atoms with Gasteiger partial charge in [0.1, 0.15) is 0 Å². The Balaban J connectivity index is 2.13. The molecule has 0 unspecified atom stereocenters. The van der Waals surface area contributed by atoms with Crippen LogP contribution in [0.1, 0.15) is 27.2 Å². The third-order valence-corrected chi connectivity index (χ3v) is 4.73. The first kappa shape index (κ1) is 17.9. The van der Waals surface area contributed by atoms with E-state index in [0.29, 0.717) is 6.54 Å². The summed E-state index contributed by atoms with van der Waals surface area (Å²) in [6.07, 6.45) is 4.66. The molecule has 0 spiro atoms. The number of carbonyl (C=O) groups excluding carboxylic acids is 1. The van der Waals surface area contributed by atoms with Gasteiger partial charge in [-0.3, -0.25) is 10.4 Å². The first-order chi connectivity index (χ1) is 11.3. The van der Waals surface area contributed by atoms with Crippen molar-refractivity contribution in [1.82, 2.24) is 15.5 Å². The second-order valence-corrected chi connectivity index (χ2v) is 7.14. The average Bonchev–Trinajstić information content (AvgIpc) is 2.55. The summed E-state index contributed by atoms with van der Waals surface area (Å²) in [6.45, 7) is 6.18. The second kappa shape index (κ2) is 7.39. The molecule has 0 radical (unpaired) electrons. The maximum absolute atomic E-state index is 12.2. The fraction of sp³-hybridized carbons (Fsp3) is 0.312. The largest absolute Gasteiger partial charge is 0.337 e. The average molecular weight is 350 g/mol. The number of anilines is 1. The number of amides is 2. The molecule has 8 heteroatoms. The van der Waals surface area contributed by atoms with Gasteiger partial charge in [0.2, 0.25) is 0 Å². The van der Waals surface area contributed by atoms with Crippen molar-refractivity contribution in [3.63, 3.8) is 0 Å². The van der Waals surface area contributed by atoms with Crippen molar-refractivity contribution in [3.8, 4) is 0 Å². The van der Waals surface area contributed by atoms with E-state index in [4.69, 9.17) is 0 Å². The maximum atomic E-state index is 12.2. The van der Waals surface area contributed by atoms with Crippen molar-refractivity contribution in [2.24, 2.45) is 0 Å². The highest BCUT2D eigenvalue weighted by molar-refractivity contribution is 7.90. The minimum absolute atomic E-state index is 0.0313. The number of hydrogen-bond acceptors (Lipinski definition) is 5. The fourth-order valence-corrected chi connectivity index (χ4v) is 3.05. The van der Waals surface area contributed by atoms with Crippen molar-refractivity contribution in [2.75, 3.05) is 11.6 Å². The van der Waals surface area contributed by atoms with E-state index in [1.807, 2.05) is 42.7 Å². The van der Waals surface area contributed by atoms with Crippen molar-refractivity contribution >= 4 is 21.7 Å². The molecule has 1 aromatic rings. The zero-order valence-corrected chi connectivity index (χ0v) is 14.8. The van der Waals surface area contributed by atoms with E-state index in [1.165, 1.54) is 12.1 Å². The number of urea groups is 1. The molecule has 1 aliphatic rings. The Bertz CT molecular complexity index is 767. The Labute approximate surface area is 142 Å². The Morgan fingerprint density at radius 1 is 1.17 bits per heavy atom.